The standard InChI is InChI=1S/C16H16F2O3/c1-10(19)12-4-6-16(14(18)8-12)21-9-11-3-5-15(20-2)13(17)7-11/h3-8,10,19H,9H2,1-2H3. The third-order valence-electron chi connectivity index (χ3n) is 3.05. The quantitative estimate of drug-likeness (QED) is 0.915. The number of benzene rings is 2. The van der Waals surface area contributed by atoms with Gasteiger partial charge in [0.05, 0.1) is 13.2 Å². The Hall–Kier alpha value is -2.14. The van der Waals surface area contributed by atoms with Gasteiger partial charge in [-0.1, -0.05) is 12.1 Å². The number of methoxy groups -OCH3 is 1. The zero-order chi connectivity index (χ0) is 15.4. The Bertz CT molecular complexity index is 627. The highest BCUT2D eigenvalue weighted by Gasteiger charge is 2.09. The summed E-state index contributed by atoms with van der Waals surface area (Å²) in [5.41, 5.74) is 1.03. The molecule has 5 heteroatoms. The lowest BCUT2D eigenvalue weighted by Gasteiger charge is -2.10. The van der Waals surface area contributed by atoms with Crippen LogP contribution in [0.2, 0.25) is 0 Å². The van der Waals surface area contributed by atoms with Gasteiger partial charge in [0.25, 0.3) is 0 Å². The van der Waals surface area contributed by atoms with Crippen molar-refractivity contribution in [3.05, 3.63) is 59.2 Å². The molecular weight excluding hydrogens is 278 g/mol. The van der Waals surface area contributed by atoms with E-state index in [9.17, 15) is 13.9 Å². The number of hydrogen-bond donors (Lipinski definition) is 1. The Labute approximate surface area is 121 Å². The van der Waals surface area contributed by atoms with E-state index < -0.39 is 17.7 Å². The molecular formula is C16H16F2O3. The van der Waals surface area contributed by atoms with E-state index >= 15 is 0 Å². The van der Waals surface area contributed by atoms with Crippen LogP contribution in [0.5, 0.6) is 11.5 Å². The number of ether oxygens (including phenoxy) is 2. The van der Waals surface area contributed by atoms with Gasteiger partial charge in [-0.05, 0) is 42.3 Å². The number of rotatable bonds is 5. The highest BCUT2D eigenvalue weighted by atomic mass is 19.1. The van der Waals surface area contributed by atoms with E-state index in [0.29, 0.717) is 11.1 Å². The largest absolute Gasteiger partial charge is 0.494 e. The van der Waals surface area contributed by atoms with Gasteiger partial charge in [0.1, 0.15) is 6.61 Å². The second kappa shape index (κ2) is 6.54. The van der Waals surface area contributed by atoms with Crippen molar-refractivity contribution in [2.24, 2.45) is 0 Å². The molecule has 0 aliphatic rings. The number of aliphatic hydroxyl groups excluding tert-OH is 1. The fraction of sp³-hybridized carbons (Fsp3) is 0.250. The smallest absolute Gasteiger partial charge is 0.165 e. The Kier molecular flexibility index (Phi) is 4.75. The maximum absolute atomic E-state index is 13.8. The van der Waals surface area contributed by atoms with Crippen molar-refractivity contribution in [3.63, 3.8) is 0 Å². The molecule has 1 unspecified atom stereocenters. The van der Waals surface area contributed by atoms with Crippen molar-refractivity contribution in [1.82, 2.24) is 0 Å². The van der Waals surface area contributed by atoms with Crippen LogP contribution in [0.15, 0.2) is 36.4 Å². The van der Waals surface area contributed by atoms with Crippen molar-refractivity contribution in [3.8, 4) is 11.5 Å². The molecule has 1 atom stereocenters. The van der Waals surface area contributed by atoms with E-state index in [-0.39, 0.29) is 18.1 Å². The van der Waals surface area contributed by atoms with E-state index in [1.807, 2.05) is 0 Å². The first kappa shape index (κ1) is 15.3. The molecule has 2 aromatic carbocycles. The molecule has 21 heavy (non-hydrogen) atoms. The molecule has 0 saturated carbocycles. The molecule has 0 aliphatic heterocycles. The summed E-state index contributed by atoms with van der Waals surface area (Å²) in [5.74, 6) is -0.868. The van der Waals surface area contributed by atoms with E-state index in [1.54, 1.807) is 19.1 Å². The summed E-state index contributed by atoms with van der Waals surface area (Å²) in [6.07, 6.45) is -0.746. The Morgan fingerprint density at radius 1 is 1.05 bits per heavy atom. The van der Waals surface area contributed by atoms with Crippen LogP contribution in [0.3, 0.4) is 0 Å². The van der Waals surface area contributed by atoms with E-state index in [0.717, 1.165) is 0 Å². The van der Waals surface area contributed by atoms with Gasteiger partial charge in [0.15, 0.2) is 23.1 Å². The van der Waals surface area contributed by atoms with Crippen molar-refractivity contribution in [2.45, 2.75) is 19.6 Å². The van der Waals surface area contributed by atoms with Crippen LogP contribution >= 0.6 is 0 Å². The molecule has 0 aliphatic carbocycles. The lowest BCUT2D eigenvalue weighted by Crippen LogP contribution is -2.00. The summed E-state index contributed by atoms with van der Waals surface area (Å²) >= 11 is 0. The first-order valence-corrected chi connectivity index (χ1v) is 6.44. The maximum atomic E-state index is 13.8. The topological polar surface area (TPSA) is 38.7 Å². The van der Waals surface area contributed by atoms with Crippen LogP contribution in [0, 0.1) is 11.6 Å². The molecule has 0 bridgehead atoms. The summed E-state index contributed by atoms with van der Waals surface area (Å²) < 4.78 is 37.4. The van der Waals surface area contributed by atoms with Crippen LogP contribution in [0.1, 0.15) is 24.2 Å². The summed E-state index contributed by atoms with van der Waals surface area (Å²) in [7, 11) is 1.38. The lowest BCUT2D eigenvalue weighted by atomic mass is 10.1. The van der Waals surface area contributed by atoms with Gasteiger partial charge in [-0.3, -0.25) is 0 Å². The zero-order valence-electron chi connectivity index (χ0n) is 11.8. The van der Waals surface area contributed by atoms with Gasteiger partial charge in [0, 0.05) is 0 Å². The zero-order valence-corrected chi connectivity index (χ0v) is 11.8. The molecule has 3 nitrogen and oxygen atoms in total. The lowest BCUT2D eigenvalue weighted by molar-refractivity contribution is 0.198. The van der Waals surface area contributed by atoms with Crippen LogP contribution in [-0.4, -0.2) is 12.2 Å². The van der Waals surface area contributed by atoms with Gasteiger partial charge in [-0.15, -0.1) is 0 Å². The molecule has 0 spiro atoms. The first-order valence-electron chi connectivity index (χ1n) is 6.44. The molecule has 0 fully saturated rings. The van der Waals surface area contributed by atoms with Crippen LogP contribution in [0.25, 0.3) is 0 Å². The number of aliphatic hydroxyl groups is 1. The fourth-order valence-corrected chi connectivity index (χ4v) is 1.85. The van der Waals surface area contributed by atoms with Crippen molar-refractivity contribution in [2.75, 3.05) is 7.11 Å². The molecule has 2 aromatic rings. The molecule has 0 saturated heterocycles. The minimum Gasteiger partial charge on any atom is -0.494 e. The third-order valence-corrected chi connectivity index (χ3v) is 3.05. The predicted octanol–water partition coefficient (Wildman–Crippen LogP) is 3.61. The molecule has 112 valence electrons. The Morgan fingerprint density at radius 2 is 1.71 bits per heavy atom. The summed E-state index contributed by atoms with van der Waals surface area (Å²) in [6, 6.07) is 8.65. The van der Waals surface area contributed by atoms with Crippen LogP contribution in [-0.2, 0) is 6.61 Å². The summed E-state index contributed by atoms with van der Waals surface area (Å²) in [6.45, 7) is 1.58. The average Bonchev–Trinajstić information content (AvgIpc) is 2.46. The third kappa shape index (κ3) is 3.70. The molecule has 2 rings (SSSR count). The highest BCUT2D eigenvalue weighted by Crippen LogP contribution is 2.24. The number of halogens is 2. The van der Waals surface area contributed by atoms with Gasteiger partial charge in [0.2, 0.25) is 0 Å². The Morgan fingerprint density at radius 3 is 2.29 bits per heavy atom. The second-order valence-electron chi connectivity index (χ2n) is 4.62. The van der Waals surface area contributed by atoms with E-state index in [4.69, 9.17) is 9.47 Å². The second-order valence-corrected chi connectivity index (χ2v) is 4.62. The molecule has 0 heterocycles. The van der Waals surface area contributed by atoms with Crippen molar-refractivity contribution in [1.29, 1.82) is 0 Å². The SMILES string of the molecule is COc1ccc(COc2ccc(C(C)O)cc2F)cc1F. The van der Waals surface area contributed by atoms with E-state index in [2.05, 4.69) is 0 Å². The molecule has 0 amide bonds. The summed E-state index contributed by atoms with van der Waals surface area (Å²) in [4.78, 5) is 0. The minimum absolute atomic E-state index is 0.0336. The van der Waals surface area contributed by atoms with Crippen LogP contribution in [0.4, 0.5) is 8.78 Å². The average molecular weight is 294 g/mol. The van der Waals surface area contributed by atoms with E-state index in [1.165, 1.54) is 31.4 Å². The molecule has 0 aromatic heterocycles. The summed E-state index contributed by atoms with van der Waals surface area (Å²) in [5, 5.41) is 9.37. The Balaban J connectivity index is 2.08. The first-order chi connectivity index (χ1) is 10.0. The van der Waals surface area contributed by atoms with Gasteiger partial charge in [-0.25, -0.2) is 8.78 Å². The van der Waals surface area contributed by atoms with Crippen LogP contribution < -0.4 is 9.47 Å². The minimum atomic E-state index is -0.746. The normalized spacial score (nSPS) is 12.0. The van der Waals surface area contributed by atoms with Crippen molar-refractivity contribution < 1.29 is 23.4 Å². The number of hydrogen-bond acceptors (Lipinski definition) is 3. The molecule has 1 N–H and O–H groups in total. The van der Waals surface area contributed by atoms with Crippen molar-refractivity contribution >= 4 is 0 Å². The monoisotopic (exact) mass is 294 g/mol. The fourth-order valence-electron chi connectivity index (χ4n) is 1.85. The maximum Gasteiger partial charge on any atom is 0.165 e. The predicted molar refractivity (Wildman–Crippen MR) is 74.3 cm³/mol. The molecule has 0 radical (unpaired) electrons. The highest BCUT2D eigenvalue weighted by molar-refractivity contribution is 5.32. The van der Waals surface area contributed by atoms with Gasteiger partial charge in [-0.2, -0.15) is 0 Å². The van der Waals surface area contributed by atoms with Gasteiger partial charge < -0.3 is 14.6 Å². The van der Waals surface area contributed by atoms with Gasteiger partial charge >= 0.3 is 0 Å².